The van der Waals surface area contributed by atoms with Crippen molar-refractivity contribution in [2.45, 2.75) is 38.5 Å². The minimum Gasteiger partial charge on any atom is -0.481 e. The Morgan fingerprint density at radius 3 is 2.62 bits per heavy atom. The number of rotatable bonds is 9. The first-order chi connectivity index (χ1) is 12.6. The molecule has 0 spiro atoms. The average Bonchev–Trinajstić information content (AvgIpc) is 3.03. The highest BCUT2D eigenvalue weighted by Crippen LogP contribution is 2.28. The fourth-order valence-corrected chi connectivity index (χ4v) is 3.14. The maximum absolute atomic E-state index is 12.1. The number of carboxylic acid groups (broad SMARTS) is 1. The van der Waals surface area contributed by atoms with Gasteiger partial charge in [-0.1, -0.05) is 43.2 Å². The molecular weight excluding hydrogens is 330 g/mol. The van der Waals surface area contributed by atoms with Crippen LogP contribution in [-0.4, -0.2) is 23.5 Å². The van der Waals surface area contributed by atoms with Crippen LogP contribution in [0.5, 0.6) is 0 Å². The number of carboxylic acids is 1. The van der Waals surface area contributed by atoms with Gasteiger partial charge in [-0.2, -0.15) is 0 Å². The van der Waals surface area contributed by atoms with Gasteiger partial charge in [-0.25, -0.2) is 0 Å². The largest absolute Gasteiger partial charge is 0.481 e. The first kappa shape index (κ1) is 18.0. The van der Waals surface area contributed by atoms with Crippen molar-refractivity contribution in [2.24, 2.45) is 0 Å². The Labute approximate surface area is 152 Å². The van der Waals surface area contributed by atoms with Gasteiger partial charge < -0.3 is 14.8 Å². The molecule has 1 amide bonds. The predicted molar refractivity (Wildman–Crippen MR) is 101 cm³/mol. The van der Waals surface area contributed by atoms with E-state index in [0.717, 1.165) is 41.0 Å². The fraction of sp³-hybridized carbons (Fsp3) is 0.333. The van der Waals surface area contributed by atoms with Crippen molar-refractivity contribution < 1.29 is 19.1 Å². The second-order valence-electron chi connectivity index (χ2n) is 6.50. The lowest BCUT2D eigenvalue weighted by Gasteiger charge is -2.03. The van der Waals surface area contributed by atoms with Crippen LogP contribution in [0.25, 0.3) is 21.7 Å². The SMILES string of the molecule is O=C(O)CCCCCCNC(=O)Cc1cc2c(ccc3ccccc32)o1. The molecule has 3 aromatic rings. The van der Waals surface area contributed by atoms with Gasteiger partial charge in [-0.15, -0.1) is 0 Å². The maximum Gasteiger partial charge on any atom is 0.303 e. The summed E-state index contributed by atoms with van der Waals surface area (Å²) in [5, 5.41) is 14.8. The summed E-state index contributed by atoms with van der Waals surface area (Å²) >= 11 is 0. The summed E-state index contributed by atoms with van der Waals surface area (Å²) in [4.78, 5) is 22.5. The van der Waals surface area contributed by atoms with Gasteiger partial charge in [0.2, 0.25) is 5.91 Å². The standard InChI is InChI=1S/C21H23NO4/c23-20(22-12-6-2-1-3-9-21(24)25)14-16-13-18-17-8-5-4-7-15(17)10-11-19(18)26-16/h4-5,7-8,10-11,13H,1-3,6,9,12,14H2,(H,22,23)(H,24,25). The van der Waals surface area contributed by atoms with Gasteiger partial charge in [0, 0.05) is 18.4 Å². The van der Waals surface area contributed by atoms with Crippen molar-refractivity contribution >= 4 is 33.6 Å². The van der Waals surface area contributed by atoms with Crippen LogP contribution in [0.2, 0.25) is 0 Å². The highest BCUT2D eigenvalue weighted by Gasteiger charge is 2.10. The van der Waals surface area contributed by atoms with Crippen molar-refractivity contribution in [2.75, 3.05) is 6.54 Å². The molecule has 1 aromatic heterocycles. The number of carbonyl (C=O) groups excluding carboxylic acids is 1. The molecule has 2 N–H and O–H groups in total. The summed E-state index contributed by atoms with van der Waals surface area (Å²) in [5.41, 5.74) is 0.796. The molecule has 0 saturated heterocycles. The Bertz CT molecular complexity index is 913. The molecule has 3 rings (SSSR count). The van der Waals surface area contributed by atoms with Gasteiger partial charge >= 0.3 is 5.97 Å². The molecule has 26 heavy (non-hydrogen) atoms. The zero-order valence-corrected chi connectivity index (χ0v) is 14.7. The van der Waals surface area contributed by atoms with Crippen LogP contribution in [-0.2, 0) is 16.0 Å². The zero-order chi connectivity index (χ0) is 18.4. The molecule has 136 valence electrons. The summed E-state index contributed by atoms with van der Waals surface area (Å²) in [6, 6.07) is 14.0. The van der Waals surface area contributed by atoms with E-state index >= 15 is 0 Å². The van der Waals surface area contributed by atoms with Gasteiger partial charge in [0.05, 0.1) is 6.42 Å². The van der Waals surface area contributed by atoms with E-state index in [2.05, 4.69) is 17.4 Å². The normalized spacial score (nSPS) is 11.1. The van der Waals surface area contributed by atoms with E-state index in [4.69, 9.17) is 9.52 Å². The molecule has 0 aliphatic heterocycles. The molecule has 5 heteroatoms. The van der Waals surface area contributed by atoms with Crippen LogP contribution in [0.3, 0.4) is 0 Å². The number of furan rings is 1. The van der Waals surface area contributed by atoms with Gasteiger partial charge in [-0.05, 0) is 35.7 Å². The number of amides is 1. The molecule has 0 aliphatic rings. The minimum absolute atomic E-state index is 0.0566. The maximum atomic E-state index is 12.1. The van der Waals surface area contributed by atoms with E-state index in [1.807, 2.05) is 30.3 Å². The number of unbranched alkanes of at least 4 members (excludes halogenated alkanes) is 3. The van der Waals surface area contributed by atoms with Crippen molar-refractivity contribution in [1.82, 2.24) is 5.32 Å². The fourth-order valence-electron chi connectivity index (χ4n) is 3.14. The number of benzene rings is 2. The van der Waals surface area contributed by atoms with Gasteiger partial charge in [-0.3, -0.25) is 9.59 Å². The van der Waals surface area contributed by atoms with Crippen LogP contribution >= 0.6 is 0 Å². The van der Waals surface area contributed by atoms with E-state index in [-0.39, 0.29) is 18.7 Å². The predicted octanol–water partition coefficient (Wildman–Crippen LogP) is 4.28. The van der Waals surface area contributed by atoms with Gasteiger partial charge in [0.25, 0.3) is 0 Å². The number of carbonyl (C=O) groups is 2. The van der Waals surface area contributed by atoms with Crippen LogP contribution in [0, 0.1) is 0 Å². The van der Waals surface area contributed by atoms with Gasteiger partial charge in [0.1, 0.15) is 11.3 Å². The molecule has 2 aromatic carbocycles. The van der Waals surface area contributed by atoms with Gasteiger partial charge in [0.15, 0.2) is 0 Å². The van der Waals surface area contributed by atoms with E-state index in [1.54, 1.807) is 0 Å². The Morgan fingerprint density at radius 2 is 1.77 bits per heavy atom. The van der Waals surface area contributed by atoms with E-state index in [9.17, 15) is 9.59 Å². The second-order valence-corrected chi connectivity index (χ2v) is 6.50. The summed E-state index contributed by atoms with van der Waals surface area (Å²) < 4.78 is 5.81. The number of hydrogen-bond donors (Lipinski definition) is 2. The smallest absolute Gasteiger partial charge is 0.303 e. The first-order valence-corrected chi connectivity index (χ1v) is 9.02. The van der Waals surface area contributed by atoms with E-state index in [1.165, 1.54) is 0 Å². The molecule has 0 aliphatic carbocycles. The molecule has 0 unspecified atom stereocenters. The lowest BCUT2D eigenvalue weighted by Crippen LogP contribution is -2.25. The second kappa shape index (κ2) is 8.52. The highest BCUT2D eigenvalue weighted by molar-refractivity contribution is 6.06. The van der Waals surface area contributed by atoms with Crippen molar-refractivity contribution in [3.05, 3.63) is 48.2 Å². The third-order valence-corrected chi connectivity index (χ3v) is 4.45. The topological polar surface area (TPSA) is 79.5 Å². The summed E-state index contributed by atoms with van der Waals surface area (Å²) in [5.74, 6) is -0.147. The van der Waals surface area contributed by atoms with Crippen molar-refractivity contribution in [3.8, 4) is 0 Å². The molecule has 1 heterocycles. The molecule has 0 bridgehead atoms. The molecule has 0 fully saturated rings. The number of fused-ring (bicyclic) bond motifs is 3. The van der Waals surface area contributed by atoms with Crippen LogP contribution in [0.4, 0.5) is 0 Å². The molecule has 0 radical (unpaired) electrons. The summed E-state index contributed by atoms with van der Waals surface area (Å²) in [6.07, 6.45) is 3.78. The molecular formula is C21H23NO4. The van der Waals surface area contributed by atoms with E-state index in [0.29, 0.717) is 18.7 Å². The number of aliphatic carboxylic acids is 1. The number of hydrogen-bond acceptors (Lipinski definition) is 3. The van der Waals surface area contributed by atoms with Crippen molar-refractivity contribution in [1.29, 1.82) is 0 Å². The molecule has 0 atom stereocenters. The number of nitrogens with one attached hydrogen (secondary N) is 1. The Hall–Kier alpha value is -2.82. The third-order valence-electron chi connectivity index (χ3n) is 4.45. The lowest BCUT2D eigenvalue weighted by molar-refractivity contribution is -0.137. The Balaban J connectivity index is 1.49. The monoisotopic (exact) mass is 353 g/mol. The highest BCUT2D eigenvalue weighted by atomic mass is 16.4. The minimum atomic E-state index is -0.753. The lowest BCUT2D eigenvalue weighted by atomic mass is 10.1. The van der Waals surface area contributed by atoms with Crippen LogP contribution < -0.4 is 5.32 Å². The first-order valence-electron chi connectivity index (χ1n) is 9.02. The quantitative estimate of drug-likeness (QED) is 0.563. The third kappa shape index (κ3) is 4.63. The Kier molecular flexibility index (Phi) is 5.89. The molecule has 0 saturated carbocycles. The Morgan fingerprint density at radius 1 is 0.962 bits per heavy atom. The van der Waals surface area contributed by atoms with Crippen molar-refractivity contribution in [3.63, 3.8) is 0 Å². The van der Waals surface area contributed by atoms with Crippen LogP contribution in [0.1, 0.15) is 37.9 Å². The summed E-state index contributed by atoms with van der Waals surface area (Å²) in [6.45, 7) is 0.606. The summed E-state index contributed by atoms with van der Waals surface area (Å²) in [7, 11) is 0. The van der Waals surface area contributed by atoms with E-state index < -0.39 is 5.97 Å². The average molecular weight is 353 g/mol. The molecule has 5 nitrogen and oxygen atoms in total. The zero-order valence-electron chi connectivity index (χ0n) is 14.7. The van der Waals surface area contributed by atoms with Crippen LogP contribution in [0.15, 0.2) is 46.9 Å².